The largest absolute Gasteiger partial charge is 0.392 e. The van der Waals surface area contributed by atoms with Crippen LogP contribution in [-0.4, -0.2) is 28.8 Å². The summed E-state index contributed by atoms with van der Waals surface area (Å²) in [5.41, 5.74) is -0.132. The van der Waals surface area contributed by atoms with Gasteiger partial charge in [0.2, 0.25) is 0 Å². The van der Waals surface area contributed by atoms with Gasteiger partial charge in [-0.1, -0.05) is 32.9 Å². The van der Waals surface area contributed by atoms with Gasteiger partial charge in [0.05, 0.1) is 6.10 Å². The standard InChI is InChI=1S/C12H20N2O3/c1-8(2)10(15)12(3,4)7-13-11(16)9-5-6-17-14-9/h5-6,8,10,15H,7H2,1-4H3,(H,13,16). The summed E-state index contributed by atoms with van der Waals surface area (Å²) in [5.74, 6) is -0.142. The van der Waals surface area contributed by atoms with E-state index in [0.29, 0.717) is 6.54 Å². The lowest BCUT2D eigenvalue weighted by Gasteiger charge is -2.33. The fourth-order valence-corrected chi connectivity index (χ4v) is 1.74. The van der Waals surface area contributed by atoms with Crippen LogP contribution >= 0.6 is 0 Å². The van der Waals surface area contributed by atoms with Crippen molar-refractivity contribution in [3.05, 3.63) is 18.0 Å². The molecule has 0 radical (unpaired) electrons. The van der Waals surface area contributed by atoms with Gasteiger partial charge in [-0.05, 0) is 5.92 Å². The smallest absolute Gasteiger partial charge is 0.273 e. The molecule has 5 heteroatoms. The topological polar surface area (TPSA) is 75.4 Å². The second kappa shape index (κ2) is 5.31. The minimum Gasteiger partial charge on any atom is -0.392 e. The summed E-state index contributed by atoms with van der Waals surface area (Å²) in [6, 6.07) is 1.50. The summed E-state index contributed by atoms with van der Waals surface area (Å²) in [7, 11) is 0. The summed E-state index contributed by atoms with van der Waals surface area (Å²) in [4.78, 5) is 11.6. The highest BCUT2D eigenvalue weighted by molar-refractivity contribution is 5.91. The molecule has 1 aromatic heterocycles. The lowest BCUT2D eigenvalue weighted by Crippen LogP contribution is -2.43. The van der Waals surface area contributed by atoms with E-state index in [0.717, 1.165) is 0 Å². The van der Waals surface area contributed by atoms with Crippen LogP contribution in [0.15, 0.2) is 16.9 Å². The molecule has 0 aliphatic carbocycles. The van der Waals surface area contributed by atoms with E-state index in [1.807, 2.05) is 27.7 Å². The number of aliphatic hydroxyl groups excluding tert-OH is 1. The molecule has 1 unspecified atom stereocenters. The maximum absolute atomic E-state index is 11.6. The molecule has 0 saturated heterocycles. The van der Waals surface area contributed by atoms with Crippen molar-refractivity contribution in [2.45, 2.75) is 33.8 Å². The molecule has 2 N–H and O–H groups in total. The number of carbonyl (C=O) groups excluding carboxylic acids is 1. The molecule has 0 aliphatic heterocycles. The van der Waals surface area contributed by atoms with Gasteiger partial charge < -0.3 is 14.9 Å². The number of amides is 1. The SMILES string of the molecule is CC(C)C(O)C(C)(C)CNC(=O)c1ccon1. The zero-order valence-electron chi connectivity index (χ0n) is 10.7. The Morgan fingerprint density at radius 2 is 2.24 bits per heavy atom. The average Bonchev–Trinajstić information content (AvgIpc) is 2.78. The molecule has 1 amide bonds. The summed E-state index contributed by atoms with van der Waals surface area (Å²) < 4.78 is 4.59. The number of hydrogen-bond acceptors (Lipinski definition) is 4. The Morgan fingerprint density at radius 3 is 2.71 bits per heavy atom. The molecule has 5 nitrogen and oxygen atoms in total. The monoisotopic (exact) mass is 240 g/mol. The van der Waals surface area contributed by atoms with E-state index >= 15 is 0 Å². The number of rotatable bonds is 5. The maximum Gasteiger partial charge on any atom is 0.273 e. The summed E-state index contributed by atoms with van der Waals surface area (Å²) in [6.45, 7) is 8.12. The first-order valence-electron chi connectivity index (χ1n) is 5.71. The molecule has 0 fully saturated rings. The van der Waals surface area contributed by atoms with E-state index in [1.165, 1.54) is 12.3 Å². The number of nitrogens with zero attached hydrogens (tertiary/aromatic N) is 1. The molecular formula is C12H20N2O3. The molecule has 0 saturated carbocycles. The predicted molar refractivity (Wildman–Crippen MR) is 63.5 cm³/mol. The van der Waals surface area contributed by atoms with Gasteiger partial charge in [0.1, 0.15) is 6.26 Å². The van der Waals surface area contributed by atoms with Gasteiger partial charge in [-0.15, -0.1) is 0 Å². The Balaban J connectivity index is 2.53. The molecular weight excluding hydrogens is 220 g/mol. The van der Waals surface area contributed by atoms with Gasteiger partial charge in [0.15, 0.2) is 5.69 Å². The zero-order chi connectivity index (χ0) is 13.1. The van der Waals surface area contributed by atoms with Gasteiger partial charge in [0.25, 0.3) is 5.91 Å². The van der Waals surface area contributed by atoms with Crippen LogP contribution in [0.4, 0.5) is 0 Å². The lowest BCUT2D eigenvalue weighted by molar-refractivity contribution is 0.0137. The number of hydrogen-bond donors (Lipinski definition) is 2. The average molecular weight is 240 g/mol. The maximum atomic E-state index is 11.6. The highest BCUT2D eigenvalue weighted by Crippen LogP contribution is 2.25. The van der Waals surface area contributed by atoms with Crippen molar-refractivity contribution < 1.29 is 14.4 Å². The molecule has 17 heavy (non-hydrogen) atoms. The van der Waals surface area contributed by atoms with Gasteiger partial charge in [-0.2, -0.15) is 0 Å². The van der Waals surface area contributed by atoms with Crippen LogP contribution in [0, 0.1) is 11.3 Å². The quantitative estimate of drug-likeness (QED) is 0.816. The minimum absolute atomic E-state index is 0.147. The second-order valence-electron chi connectivity index (χ2n) is 5.24. The van der Waals surface area contributed by atoms with Crippen LogP contribution in [0.5, 0.6) is 0 Å². The summed E-state index contributed by atoms with van der Waals surface area (Å²) in [5, 5.41) is 16.3. The molecule has 0 aliphatic rings. The highest BCUT2D eigenvalue weighted by Gasteiger charge is 2.30. The molecule has 1 aromatic rings. The number of aromatic nitrogens is 1. The van der Waals surface area contributed by atoms with Gasteiger partial charge in [0, 0.05) is 18.0 Å². The van der Waals surface area contributed by atoms with E-state index in [4.69, 9.17) is 0 Å². The third-order valence-corrected chi connectivity index (χ3v) is 2.81. The lowest BCUT2D eigenvalue weighted by atomic mass is 9.80. The summed E-state index contributed by atoms with van der Waals surface area (Å²) in [6.07, 6.45) is 0.878. The third kappa shape index (κ3) is 3.56. The predicted octanol–water partition coefficient (Wildman–Crippen LogP) is 1.45. The Kier molecular flexibility index (Phi) is 4.28. The normalized spacial score (nSPS) is 13.8. The van der Waals surface area contributed by atoms with Gasteiger partial charge >= 0.3 is 0 Å². The van der Waals surface area contributed by atoms with Crippen LogP contribution in [0.25, 0.3) is 0 Å². The van der Waals surface area contributed by atoms with Crippen molar-refractivity contribution in [2.75, 3.05) is 6.54 Å². The molecule has 0 aromatic carbocycles. The second-order valence-corrected chi connectivity index (χ2v) is 5.24. The van der Waals surface area contributed by atoms with Crippen molar-refractivity contribution in [1.82, 2.24) is 10.5 Å². The summed E-state index contributed by atoms with van der Waals surface area (Å²) >= 11 is 0. The van der Waals surface area contributed by atoms with Crippen LogP contribution in [0.3, 0.4) is 0 Å². The van der Waals surface area contributed by atoms with Crippen LogP contribution in [-0.2, 0) is 0 Å². The first-order chi connectivity index (χ1) is 7.84. The van der Waals surface area contributed by atoms with Crippen molar-refractivity contribution in [1.29, 1.82) is 0 Å². The van der Waals surface area contributed by atoms with E-state index < -0.39 is 6.10 Å². The van der Waals surface area contributed by atoms with E-state index in [-0.39, 0.29) is 22.9 Å². The highest BCUT2D eigenvalue weighted by atomic mass is 16.5. The molecule has 1 atom stereocenters. The van der Waals surface area contributed by atoms with Crippen LogP contribution in [0.1, 0.15) is 38.2 Å². The Morgan fingerprint density at radius 1 is 1.59 bits per heavy atom. The van der Waals surface area contributed by atoms with Crippen molar-refractivity contribution >= 4 is 5.91 Å². The van der Waals surface area contributed by atoms with E-state index in [2.05, 4.69) is 15.0 Å². The third-order valence-electron chi connectivity index (χ3n) is 2.81. The minimum atomic E-state index is -0.472. The van der Waals surface area contributed by atoms with E-state index in [1.54, 1.807) is 0 Å². The molecule has 0 bridgehead atoms. The molecule has 1 heterocycles. The number of carbonyl (C=O) groups is 1. The van der Waals surface area contributed by atoms with Gasteiger partial charge in [-0.3, -0.25) is 4.79 Å². The van der Waals surface area contributed by atoms with Crippen molar-refractivity contribution in [3.63, 3.8) is 0 Å². The Bertz CT molecular complexity index is 358. The molecule has 0 spiro atoms. The fourth-order valence-electron chi connectivity index (χ4n) is 1.74. The molecule has 1 rings (SSSR count). The zero-order valence-corrected chi connectivity index (χ0v) is 10.7. The first-order valence-corrected chi connectivity index (χ1v) is 5.71. The molecule has 96 valence electrons. The van der Waals surface area contributed by atoms with Crippen LogP contribution in [0.2, 0.25) is 0 Å². The van der Waals surface area contributed by atoms with Crippen molar-refractivity contribution in [3.8, 4) is 0 Å². The number of nitrogens with one attached hydrogen (secondary N) is 1. The van der Waals surface area contributed by atoms with Crippen LogP contribution < -0.4 is 5.32 Å². The number of aliphatic hydroxyl groups is 1. The van der Waals surface area contributed by atoms with Gasteiger partial charge in [-0.25, -0.2) is 0 Å². The Hall–Kier alpha value is -1.36. The van der Waals surface area contributed by atoms with E-state index in [9.17, 15) is 9.90 Å². The van der Waals surface area contributed by atoms with Crippen molar-refractivity contribution in [2.24, 2.45) is 11.3 Å². The fraction of sp³-hybridized carbons (Fsp3) is 0.667. The first kappa shape index (κ1) is 13.7. The Labute approximate surface area is 101 Å².